The number of pyridine rings is 1. The Hall–Kier alpha value is -2.22. The van der Waals surface area contributed by atoms with Gasteiger partial charge in [0.15, 0.2) is 5.92 Å². The molecule has 0 aromatic carbocycles. The number of aromatic nitrogens is 1. The molecule has 88 valence electrons. The van der Waals surface area contributed by atoms with Crippen LogP contribution in [0.2, 0.25) is 0 Å². The Bertz CT molecular complexity index is 446. The fourth-order valence-corrected chi connectivity index (χ4v) is 1.08. The average molecular weight is 231 g/mol. The first-order valence-electron chi connectivity index (χ1n) is 5.20. The van der Waals surface area contributed by atoms with E-state index in [0.29, 0.717) is 5.69 Å². The molecule has 5 nitrogen and oxygen atoms in total. The fraction of sp³-hybridized carbons (Fsp3) is 0.333. The summed E-state index contributed by atoms with van der Waals surface area (Å²) >= 11 is 0. The monoisotopic (exact) mass is 231 g/mol. The van der Waals surface area contributed by atoms with Crippen LogP contribution in [-0.2, 0) is 9.53 Å². The van der Waals surface area contributed by atoms with E-state index in [4.69, 9.17) is 10.00 Å². The van der Waals surface area contributed by atoms with E-state index in [1.807, 2.05) is 13.0 Å². The van der Waals surface area contributed by atoms with Crippen molar-refractivity contribution in [2.24, 2.45) is 10.9 Å². The molecule has 1 atom stereocenters. The van der Waals surface area contributed by atoms with Gasteiger partial charge in [-0.05, 0) is 26.0 Å². The van der Waals surface area contributed by atoms with E-state index < -0.39 is 11.9 Å². The normalized spacial score (nSPS) is 12.1. The largest absolute Gasteiger partial charge is 0.465 e. The third kappa shape index (κ3) is 4.03. The molecule has 0 bridgehead atoms. The summed E-state index contributed by atoms with van der Waals surface area (Å²) in [6.07, 6.45) is 2.84. The van der Waals surface area contributed by atoms with E-state index in [-0.39, 0.29) is 6.61 Å². The van der Waals surface area contributed by atoms with Gasteiger partial charge in [0.25, 0.3) is 0 Å². The second kappa shape index (κ2) is 6.38. The first-order valence-corrected chi connectivity index (χ1v) is 5.20. The van der Waals surface area contributed by atoms with Crippen LogP contribution in [0, 0.1) is 24.2 Å². The molecular formula is C12H13N3O2. The summed E-state index contributed by atoms with van der Waals surface area (Å²) in [7, 11) is 0. The molecule has 1 heterocycles. The van der Waals surface area contributed by atoms with Crippen LogP contribution < -0.4 is 0 Å². The van der Waals surface area contributed by atoms with Crippen LogP contribution in [0.4, 0.5) is 5.69 Å². The molecule has 0 aliphatic heterocycles. The fourth-order valence-electron chi connectivity index (χ4n) is 1.08. The van der Waals surface area contributed by atoms with Crippen LogP contribution in [0.15, 0.2) is 23.3 Å². The summed E-state index contributed by atoms with van der Waals surface area (Å²) in [5, 5.41) is 8.79. The zero-order valence-corrected chi connectivity index (χ0v) is 9.75. The van der Waals surface area contributed by atoms with Gasteiger partial charge in [-0.1, -0.05) is 0 Å². The number of nitriles is 1. The molecule has 0 aliphatic carbocycles. The summed E-state index contributed by atoms with van der Waals surface area (Å²) in [5.74, 6) is -1.56. The molecule has 0 saturated carbocycles. The second-order valence-corrected chi connectivity index (χ2v) is 3.29. The van der Waals surface area contributed by atoms with Crippen molar-refractivity contribution in [2.45, 2.75) is 13.8 Å². The predicted octanol–water partition coefficient (Wildman–Crippen LogP) is 1.80. The van der Waals surface area contributed by atoms with Gasteiger partial charge in [-0.2, -0.15) is 5.26 Å². The van der Waals surface area contributed by atoms with Crippen molar-refractivity contribution in [1.29, 1.82) is 5.26 Å². The van der Waals surface area contributed by atoms with Crippen LogP contribution in [-0.4, -0.2) is 23.8 Å². The first-order chi connectivity index (χ1) is 8.17. The molecule has 1 unspecified atom stereocenters. The van der Waals surface area contributed by atoms with Crippen LogP contribution >= 0.6 is 0 Å². The number of hydrogen-bond acceptors (Lipinski definition) is 5. The molecule has 0 spiro atoms. The molecule has 0 N–H and O–H groups in total. The Labute approximate surface area is 99.8 Å². The predicted molar refractivity (Wildman–Crippen MR) is 62.9 cm³/mol. The van der Waals surface area contributed by atoms with E-state index in [1.165, 1.54) is 6.21 Å². The van der Waals surface area contributed by atoms with Crippen molar-refractivity contribution >= 4 is 17.9 Å². The molecule has 0 amide bonds. The minimum Gasteiger partial charge on any atom is -0.465 e. The number of ether oxygens (including phenoxy) is 1. The topological polar surface area (TPSA) is 75.3 Å². The number of aryl methyl sites for hydroxylation is 1. The number of carbonyl (C=O) groups excluding carboxylic acids is 1. The Morgan fingerprint density at radius 3 is 3.00 bits per heavy atom. The van der Waals surface area contributed by atoms with Crippen LogP contribution in [0.1, 0.15) is 12.6 Å². The smallest absolute Gasteiger partial charge is 0.328 e. The minimum atomic E-state index is -0.976. The molecule has 0 saturated heterocycles. The molecular weight excluding hydrogens is 218 g/mol. The first kappa shape index (κ1) is 12.8. The van der Waals surface area contributed by atoms with Crippen molar-refractivity contribution in [3.05, 3.63) is 24.0 Å². The molecule has 0 fully saturated rings. The number of carbonyl (C=O) groups is 1. The van der Waals surface area contributed by atoms with Crippen molar-refractivity contribution in [2.75, 3.05) is 6.61 Å². The maximum Gasteiger partial charge on any atom is 0.328 e. The van der Waals surface area contributed by atoms with E-state index in [2.05, 4.69) is 9.98 Å². The van der Waals surface area contributed by atoms with Gasteiger partial charge >= 0.3 is 5.97 Å². The maximum absolute atomic E-state index is 11.3. The van der Waals surface area contributed by atoms with Crippen LogP contribution in [0.25, 0.3) is 0 Å². The molecule has 1 aromatic rings. The molecule has 1 rings (SSSR count). The molecule has 1 aromatic heterocycles. The molecule has 17 heavy (non-hydrogen) atoms. The minimum absolute atomic E-state index is 0.247. The van der Waals surface area contributed by atoms with Crippen LogP contribution in [0.5, 0.6) is 0 Å². The van der Waals surface area contributed by atoms with Gasteiger partial charge in [0, 0.05) is 11.9 Å². The highest BCUT2D eigenvalue weighted by molar-refractivity contribution is 5.93. The molecule has 0 aliphatic rings. The van der Waals surface area contributed by atoms with Crippen molar-refractivity contribution < 1.29 is 9.53 Å². The maximum atomic E-state index is 11.3. The lowest BCUT2D eigenvalue weighted by Crippen LogP contribution is -2.17. The van der Waals surface area contributed by atoms with E-state index in [0.717, 1.165) is 5.69 Å². The quantitative estimate of drug-likeness (QED) is 0.584. The highest BCUT2D eigenvalue weighted by Gasteiger charge is 2.16. The van der Waals surface area contributed by atoms with Gasteiger partial charge in [-0.25, -0.2) is 0 Å². The van der Waals surface area contributed by atoms with Crippen molar-refractivity contribution in [3.8, 4) is 6.07 Å². The van der Waals surface area contributed by atoms with Crippen LogP contribution in [0.3, 0.4) is 0 Å². The van der Waals surface area contributed by atoms with Crippen molar-refractivity contribution in [3.63, 3.8) is 0 Å². The second-order valence-electron chi connectivity index (χ2n) is 3.29. The Balaban J connectivity index is 2.71. The summed E-state index contributed by atoms with van der Waals surface area (Å²) in [6, 6.07) is 5.39. The van der Waals surface area contributed by atoms with E-state index >= 15 is 0 Å². The van der Waals surface area contributed by atoms with Crippen molar-refractivity contribution in [1.82, 2.24) is 4.98 Å². The van der Waals surface area contributed by atoms with E-state index in [9.17, 15) is 4.79 Å². The third-order valence-electron chi connectivity index (χ3n) is 1.95. The van der Waals surface area contributed by atoms with Gasteiger partial charge in [-0.15, -0.1) is 0 Å². The lowest BCUT2D eigenvalue weighted by atomic mass is 10.2. The van der Waals surface area contributed by atoms with Gasteiger partial charge in [-0.3, -0.25) is 14.8 Å². The lowest BCUT2D eigenvalue weighted by Gasteiger charge is -2.02. The number of rotatable bonds is 4. The number of aliphatic imine (C=N–C) groups is 1. The van der Waals surface area contributed by atoms with Gasteiger partial charge < -0.3 is 4.74 Å². The van der Waals surface area contributed by atoms with E-state index in [1.54, 1.807) is 25.3 Å². The Kier molecular flexibility index (Phi) is 4.82. The SMILES string of the molecule is CCOC(=O)C(C#N)C=Nc1ccc(C)nc1. The summed E-state index contributed by atoms with van der Waals surface area (Å²) in [6.45, 7) is 3.80. The van der Waals surface area contributed by atoms with Gasteiger partial charge in [0.2, 0.25) is 0 Å². The third-order valence-corrected chi connectivity index (χ3v) is 1.95. The van der Waals surface area contributed by atoms with Gasteiger partial charge in [0.1, 0.15) is 0 Å². The lowest BCUT2D eigenvalue weighted by molar-refractivity contribution is -0.143. The standard InChI is InChI=1S/C12H13N3O2/c1-3-17-12(16)10(6-13)7-15-11-5-4-9(2)14-8-11/h4-5,7-8,10H,3H2,1-2H3. The Morgan fingerprint density at radius 2 is 2.47 bits per heavy atom. The van der Waals surface area contributed by atoms with Gasteiger partial charge in [0.05, 0.1) is 24.6 Å². The summed E-state index contributed by atoms with van der Waals surface area (Å²) in [4.78, 5) is 19.4. The summed E-state index contributed by atoms with van der Waals surface area (Å²) in [5.41, 5.74) is 1.48. The number of hydrogen-bond donors (Lipinski definition) is 0. The highest BCUT2D eigenvalue weighted by Crippen LogP contribution is 2.10. The average Bonchev–Trinajstić information content (AvgIpc) is 2.32. The molecule has 5 heteroatoms. The number of esters is 1. The Morgan fingerprint density at radius 1 is 1.71 bits per heavy atom. The number of nitrogens with zero attached hydrogens (tertiary/aromatic N) is 3. The summed E-state index contributed by atoms with van der Waals surface area (Å²) < 4.78 is 4.73. The zero-order chi connectivity index (χ0) is 12.7. The zero-order valence-electron chi connectivity index (χ0n) is 9.75. The molecule has 0 radical (unpaired) electrons. The highest BCUT2D eigenvalue weighted by atomic mass is 16.5.